The number of hydrogen-bond donors (Lipinski definition) is 1. The molecule has 1 aliphatic heterocycles. The molecule has 1 saturated heterocycles. The van der Waals surface area contributed by atoms with E-state index in [-0.39, 0.29) is 6.10 Å². The fraction of sp³-hybridized carbons (Fsp3) is 0.294. The van der Waals surface area contributed by atoms with Crippen molar-refractivity contribution in [3.05, 3.63) is 71.8 Å². The van der Waals surface area contributed by atoms with Gasteiger partial charge in [-0.05, 0) is 11.1 Å². The summed E-state index contributed by atoms with van der Waals surface area (Å²) in [5.41, 5.74) is 2.42. The summed E-state index contributed by atoms with van der Waals surface area (Å²) >= 11 is 0. The third kappa shape index (κ3) is 2.86. The minimum Gasteiger partial charge on any atom is -0.387 e. The van der Waals surface area contributed by atoms with Gasteiger partial charge in [-0.1, -0.05) is 60.7 Å². The summed E-state index contributed by atoms with van der Waals surface area (Å²) in [7, 11) is 0. The van der Waals surface area contributed by atoms with Crippen molar-refractivity contribution in [2.24, 2.45) is 0 Å². The smallest absolute Gasteiger partial charge is 0.0916 e. The summed E-state index contributed by atoms with van der Waals surface area (Å²) in [5.74, 6) is 0.629. The first-order valence-electron chi connectivity index (χ1n) is 6.83. The maximum Gasteiger partial charge on any atom is 0.0916 e. The van der Waals surface area contributed by atoms with E-state index in [2.05, 4.69) is 35.2 Å². The molecule has 2 aromatic rings. The molecule has 3 rings (SSSR count). The highest BCUT2D eigenvalue weighted by Crippen LogP contribution is 2.28. The molecule has 1 N–H and O–H groups in total. The van der Waals surface area contributed by atoms with Crippen LogP contribution in [0.4, 0.5) is 0 Å². The average molecular weight is 253 g/mol. The SMILES string of the molecule is OC(CN1CC(c2ccccc2)C1)c1ccccc1. The Hall–Kier alpha value is -1.64. The van der Waals surface area contributed by atoms with Crippen molar-refractivity contribution in [3.8, 4) is 0 Å². The van der Waals surface area contributed by atoms with Gasteiger partial charge < -0.3 is 5.11 Å². The predicted octanol–water partition coefficient (Wildman–Crippen LogP) is 2.82. The molecule has 0 bridgehead atoms. The molecule has 1 fully saturated rings. The molecule has 2 aromatic carbocycles. The Kier molecular flexibility index (Phi) is 3.62. The zero-order valence-corrected chi connectivity index (χ0v) is 10.9. The lowest BCUT2D eigenvalue weighted by molar-refractivity contribution is 0.0645. The molecule has 1 atom stereocenters. The molecular formula is C17H19NO. The lowest BCUT2D eigenvalue weighted by Crippen LogP contribution is -2.46. The highest BCUT2D eigenvalue weighted by Gasteiger charge is 2.29. The fourth-order valence-electron chi connectivity index (χ4n) is 2.68. The van der Waals surface area contributed by atoms with Crippen LogP contribution in [0, 0.1) is 0 Å². The molecule has 0 spiro atoms. The Morgan fingerprint density at radius 1 is 0.947 bits per heavy atom. The van der Waals surface area contributed by atoms with Crippen molar-refractivity contribution < 1.29 is 5.11 Å². The highest BCUT2D eigenvalue weighted by molar-refractivity contribution is 5.23. The maximum atomic E-state index is 10.2. The predicted molar refractivity (Wildman–Crippen MR) is 77.0 cm³/mol. The second-order valence-electron chi connectivity index (χ2n) is 5.25. The molecule has 1 aliphatic rings. The van der Waals surface area contributed by atoms with Crippen molar-refractivity contribution in [3.63, 3.8) is 0 Å². The van der Waals surface area contributed by atoms with Gasteiger partial charge in [0, 0.05) is 25.6 Å². The van der Waals surface area contributed by atoms with E-state index in [1.807, 2.05) is 30.3 Å². The number of β-amino-alcohol motifs (C(OH)–C–C–N with tert-alkyl or cyclic N) is 1. The van der Waals surface area contributed by atoms with Crippen LogP contribution in [0.15, 0.2) is 60.7 Å². The molecule has 0 amide bonds. The summed E-state index contributed by atoms with van der Waals surface area (Å²) in [6.07, 6.45) is -0.377. The second kappa shape index (κ2) is 5.55. The van der Waals surface area contributed by atoms with Gasteiger partial charge in [-0.3, -0.25) is 4.90 Å². The molecule has 0 saturated carbocycles. The second-order valence-corrected chi connectivity index (χ2v) is 5.25. The van der Waals surface area contributed by atoms with E-state index < -0.39 is 0 Å². The van der Waals surface area contributed by atoms with Crippen LogP contribution in [0.25, 0.3) is 0 Å². The topological polar surface area (TPSA) is 23.5 Å². The van der Waals surface area contributed by atoms with E-state index in [1.54, 1.807) is 0 Å². The summed E-state index contributed by atoms with van der Waals surface area (Å²) in [6.45, 7) is 2.83. The van der Waals surface area contributed by atoms with E-state index in [9.17, 15) is 5.11 Å². The Morgan fingerprint density at radius 3 is 2.16 bits per heavy atom. The average Bonchev–Trinajstić information content (AvgIpc) is 2.44. The van der Waals surface area contributed by atoms with Crippen LogP contribution in [0.5, 0.6) is 0 Å². The van der Waals surface area contributed by atoms with E-state index in [0.29, 0.717) is 5.92 Å². The number of rotatable bonds is 4. The molecule has 19 heavy (non-hydrogen) atoms. The first kappa shape index (κ1) is 12.4. The molecule has 0 radical (unpaired) electrons. The van der Waals surface area contributed by atoms with Gasteiger partial charge in [0.1, 0.15) is 0 Å². The monoisotopic (exact) mass is 253 g/mol. The Bertz CT molecular complexity index is 505. The molecule has 2 heteroatoms. The Morgan fingerprint density at radius 2 is 1.53 bits per heavy atom. The van der Waals surface area contributed by atoms with Gasteiger partial charge in [0.2, 0.25) is 0 Å². The lowest BCUT2D eigenvalue weighted by atomic mass is 9.91. The van der Waals surface area contributed by atoms with E-state index in [1.165, 1.54) is 5.56 Å². The summed E-state index contributed by atoms with van der Waals surface area (Å²) in [6, 6.07) is 20.5. The number of likely N-dealkylation sites (tertiary alicyclic amines) is 1. The zero-order chi connectivity index (χ0) is 13.1. The Balaban J connectivity index is 1.52. The van der Waals surface area contributed by atoms with Gasteiger partial charge in [-0.2, -0.15) is 0 Å². The first-order chi connectivity index (χ1) is 9.33. The van der Waals surface area contributed by atoms with Gasteiger partial charge in [0.05, 0.1) is 6.10 Å². The van der Waals surface area contributed by atoms with E-state index >= 15 is 0 Å². The quantitative estimate of drug-likeness (QED) is 0.905. The lowest BCUT2D eigenvalue weighted by Gasteiger charge is -2.40. The van der Waals surface area contributed by atoms with Crippen LogP contribution in [-0.2, 0) is 0 Å². The van der Waals surface area contributed by atoms with Crippen molar-refractivity contribution in [1.82, 2.24) is 4.90 Å². The highest BCUT2D eigenvalue weighted by atomic mass is 16.3. The Labute approximate surface area is 114 Å². The van der Waals surface area contributed by atoms with Crippen molar-refractivity contribution in [2.45, 2.75) is 12.0 Å². The number of aliphatic hydroxyl groups is 1. The molecule has 1 unspecified atom stereocenters. The van der Waals surface area contributed by atoms with E-state index in [4.69, 9.17) is 0 Å². The molecule has 0 aromatic heterocycles. The molecular weight excluding hydrogens is 234 g/mol. The number of hydrogen-bond acceptors (Lipinski definition) is 2. The summed E-state index contributed by atoms with van der Waals surface area (Å²) < 4.78 is 0. The van der Waals surface area contributed by atoms with Crippen LogP contribution >= 0.6 is 0 Å². The first-order valence-corrected chi connectivity index (χ1v) is 6.83. The summed E-state index contributed by atoms with van der Waals surface area (Å²) in [5, 5.41) is 10.2. The van der Waals surface area contributed by atoms with E-state index in [0.717, 1.165) is 25.2 Å². The van der Waals surface area contributed by atoms with Gasteiger partial charge in [0.25, 0.3) is 0 Å². The minimum absolute atomic E-state index is 0.377. The van der Waals surface area contributed by atoms with Gasteiger partial charge in [-0.25, -0.2) is 0 Å². The molecule has 98 valence electrons. The van der Waals surface area contributed by atoms with Gasteiger partial charge in [0.15, 0.2) is 0 Å². The normalized spacial score (nSPS) is 17.9. The molecule has 2 nitrogen and oxygen atoms in total. The van der Waals surface area contributed by atoms with Crippen molar-refractivity contribution in [1.29, 1.82) is 0 Å². The van der Waals surface area contributed by atoms with Crippen LogP contribution in [0.2, 0.25) is 0 Å². The van der Waals surface area contributed by atoms with Gasteiger partial charge >= 0.3 is 0 Å². The van der Waals surface area contributed by atoms with Crippen LogP contribution in [0.1, 0.15) is 23.1 Å². The van der Waals surface area contributed by atoms with Crippen molar-refractivity contribution >= 4 is 0 Å². The van der Waals surface area contributed by atoms with Gasteiger partial charge in [-0.15, -0.1) is 0 Å². The van der Waals surface area contributed by atoms with Crippen LogP contribution < -0.4 is 0 Å². The zero-order valence-electron chi connectivity index (χ0n) is 10.9. The largest absolute Gasteiger partial charge is 0.387 e. The molecule has 1 heterocycles. The fourth-order valence-corrected chi connectivity index (χ4v) is 2.68. The summed E-state index contributed by atoms with van der Waals surface area (Å²) in [4.78, 5) is 2.31. The van der Waals surface area contributed by atoms with Crippen LogP contribution in [-0.4, -0.2) is 29.6 Å². The van der Waals surface area contributed by atoms with Crippen LogP contribution in [0.3, 0.4) is 0 Å². The third-order valence-electron chi connectivity index (χ3n) is 3.84. The maximum absolute atomic E-state index is 10.2. The number of nitrogens with zero attached hydrogens (tertiary/aromatic N) is 1. The number of aliphatic hydroxyl groups excluding tert-OH is 1. The minimum atomic E-state index is -0.377. The number of benzene rings is 2. The standard InChI is InChI=1S/C17H19NO/c19-17(15-9-5-2-6-10-15)13-18-11-16(12-18)14-7-3-1-4-8-14/h1-10,16-17,19H,11-13H2. The third-order valence-corrected chi connectivity index (χ3v) is 3.84. The molecule has 0 aliphatic carbocycles. The van der Waals surface area contributed by atoms with Crippen molar-refractivity contribution in [2.75, 3.05) is 19.6 Å².